The number of morpholine rings is 1. The van der Waals surface area contributed by atoms with Gasteiger partial charge in [0.25, 0.3) is 0 Å². The zero-order valence-corrected chi connectivity index (χ0v) is 12.3. The Morgan fingerprint density at radius 3 is 2.58 bits per heavy atom. The van der Waals surface area contributed by atoms with Gasteiger partial charge in [0, 0.05) is 25.2 Å². The van der Waals surface area contributed by atoms with Crippen molar-refractivity contribution in [1.29, 1.82) is 0 Å². The summed E-state index contributed by atoms with van der Waals surface area (Å²) < 4.78 is 6.03. The van der Waals surface area contributed by atoms with Crippen molar-refractivity contribution in [3.8, 4) is 0 Å². The van der Waals surface area contributed by atoms with Crippen LogP contribution in [0, 0.1) is 0 Å². The van der Waals surface area contributed by atoms with E-state index in [1.807, 2.05) is 0 Å². The molecule has 1 aliphatic carbocycles. The number of nitrogens with one attached hydrogen (secondary N) is 1. The van der Waals surface area contributed by atoms with Crippen LogP contribution >= 0.6 is 0 Å². The summed E-state index contributed by atoms with van der Waals surface area (Å²) in [7, 11) is 0. The van der Waals surface area contributed by atoms with Crippen molar-refractivity contribution in [3.05, 3.63) is 0 Å². The first kappa shape index (κ1) is 13.8. The summed E-state index contributed by atoms with van der Waals surface area (Å²) in [6.45, 7) is 4.49. The zero-order valence-electron chi connectivity index (χ0n) is 12.3. The third kappa shape index (κ3) is 3.93. The van der Waals surface area contributed by atoms with Gasteiger partial charge in [-0.3, -0.25) is 4.90 Å². The molecule has 0 spiro atoms. The van der Waals surface area contributed by atoms with Crippen molar-refractivity contribution < 1.29 is 4.74 Å². The van der Waals surface area contributed by atoms with Crippen molar-refractivity contribution in [2.75, 3.05) is 26.2 Å². The van der Waals surface area contributed by atoms with E-state index in [4.69, 9.17) is 4.74 Å². The van der Waals surface area contributed by atoms with Crippen LogP contribution in [0.2, 0.25) is 0 Å². The Morgan fingerprint density at radius 2 is 1.74 bits per heavy atom. The summed E-state index contributed by atoms with van der Waals surface area (Å²) in [4.78, 5) is 2.65. The SMILES string of the molecule is C1CCCC(NCC2CN3CCCC3CO2)CCC1. The lowest BCUT2D eigenvalue weighted by Crippen LogP contribution is -2.50. The summed E-state index contributed by atoms with van der Waals surface area (Å²) in [5, 5.41) is 3.79. The second kappa shape index (κ2) is 7.05. The molecule has 3 aliphatic rings. The highest BCUT2D eigenvalue weighted by molar-refractivity contribution is 4.86. The van der Waals surface area contributed by atoms with Crippen LogP contribution in [0.5, 0.6) is 0 Å². The van der Waals surface area contributed by atoms with Gasteiger partial charge in [-0.1, -0.05) is 32.1 Å². The van der Waals surface area contributed by atoms with Crippen molar-refractivity contribution >= 4 is 0 Å². The first-order valence-corrected chi connectivity index (χ1v) is 8.51. The van der Waals surface area contributed by atoms with Gasteiger partial charge < -0.3 is 10.1 Å². The summed E-state index contributed by atoms with van der Waals surface area (Å²) in [6, 6.07) is 1.48. The highest BCUT2D eigenvalue weighted by atomic mass is 16.5. The van der Waals surface area contributed by atoms with E-state index >= 15 is 0 Å². The van der Waals surface area contributed by atoms with E-state index in [2.05, 4.69) is 10.2 Å². The predicted octanol–water partition coefficient (Wildman–Crippen LogP) is 2.55. The minimum atomic E-state index is 0.430. The van der Waals surface area contributed by atoms with Crippen molar-refractivity contribution in [1.82, 2.24) is 10.2 Å². The van der Waals surface area contributed by atoms with Crippen LogP contribution in [0.15, 0.2) is 0 Å². The van der Waals surface area contributed by atoms with Gasteiger partial charge in [0.15, 0.2) is 0 Å². The maximum Gasteiger partial charge on any atom is 0.0827 e. The van der Waals surface area contributed by atoms with Crippen LogP contribution in [-0.4, -0.2) is 49.3 Å². The lowest BCUT2D eigenvalue weighted by atomic mass is 9.96. The molecule has 2 heterocycles. The molecular weight excluding hydrogens is 236 g/mol. The third-order valence-corrected chi connectivity index (χ3v) is 5.20. The topological polar surface area (TPSA) is 24.5 Å². The van der Waals surface area contributed by atoms with Gasteiger partial charge in [0.05, 0.1) is 12.7 Å². The van der Waals surface area contributed by atoms with E-state index in [1.165, 1.54) is 64.3 Å². The van der Waals surface area contributed by atoms with Crippen molar-refractivity contribution in [2.24, 2.45) is 0 Å². The Balaban J connectivity index is 1.39. The monoisotopic (exact) mass is 266 g/mol. The molecule has 1 N–H and O–H groups in total. The molecule has 3 rings (SSSR count). The number of rotatable bonds is 3. The van der Waals surface area contributed by atoms with E-state index in [0.717, 1.165) is 31.8 Å². The molecule has 2 saturated heterocycles. The molecule has 0 aromatic heterocycles. The number of fused-ring (bicyclic) bond motifs is 1. The lowest BCUT2D eigenvalue weighted by molar-refractivity contribution is -0.0480. The molecule has 2 atom stereocenters. The summed E-state index contributed by atoms with van der Waals surface area (Å²) in [6.07, 6.45) is 13.1. The standard InChI is InChI=1S/C16H30N2O/c1-2-4-7-14(8-5-3-1)17-11-16-12-18-10-6-9-15(18)13-19-16/h14-17H,1-13H2. The highest BCUT2D eigenvalue weighted by Gasteiger charge is 2.32. The Morgan fingerprint density at radius 1 is 0.947 bits per heavy atom. The molecule has 110 valence electrons. The van der Waals surface area contributed by atoms with Crippen molar-refractivity contribution in [3.63, 3.8) is 0 Å². The van der Waals surface area contributed by atoms with Gasteiger partial charge >= 0.3 is 0 Å². The lowest BCUT2D eigenvalue weighted by Gasteiger charge is -2.36. The third-order valence-electron chi connectivity index (χ3n) is 5.20. The maximum absolute atomic E-state index is 6.03. The molecular formula is C16H30N2O. The predicted molar refractivity (Wildman–Crippen MR) is 78.4 cm³/mol. The average Bonchev–Trinajstić information content (AvgIpc) is 2.84. The van der Waals surface area contributed by atoms with Crippen LogP contribution < -0.4 is 5.32 Å². The minimum Gasteiger partial charge on any atom is -0.374 e. The largest absolute Gasteiger partial charge is 0.374 e. The first-order valence-electron chi connectivity index (χ1n) is 8.51. The van der Waals surface area contributed by atoms with Gasteiger partial charge in [-0.15, -0.1) is 0 Å². The molecule has 2 unspecified atom stereocenters. The molecule has 0 amide bonds. The van der Waals surface area contributed by atoms with E-state index in [0.29, 0.717) is 6.10 Å². The number of hydrogen-bond acceptors (Lipinski definition) is 3. The number of ether oxygens (including phenoxy) is 1. The summed E-state index contributed by atoms with van der Waals surface area (Å²) in [5.41, 5.74) is 0. The van der Waals surface area contributed by atoms with Crippen LogP contribution in [0.4, 0.5) is 0 Å². The minimum absolute atomic E-state index is 0.430. The molecule has 3 fully saturated rings. The fourth-order valence-corrected chi connectivity index (χ4v) is 3.97. The Kier molecular flexibility index (Phi) is 5.14. The first-order chi connectivity index (χ1) is 9.42. The van der Waals surface area contributed by atoms with E-state index in [1.54, 1.807) is 0 Å². The molecule has 1 saturated carbocycles. The summed E-state index contributed by atoms with van der Waals surface area (Å²) in [5.74, 6) is 0. The van der Waals surface area contributed by atoms with Crippen LogP contribution in [-0.2, 0) is 4.74 Å². The molecule has 0 aromatic rings. The van der Waals surface area contributed by atoms with Gasteiger partial charge in [-0.05, 0) is 32.2 Å². The normalized spacial score (nSPS) is 34.7. The van der Waals surface area contributed by atoms with Gasteiger partial charge in [0.2, 0.25) is 0 Å². The van der Waals surface area contributed by atoms with Gasteiger partial charge in [-0.25, -0.2) is 0 Å². The second-order valence-corrected chi connectivity index (χ2v) is 6.70. The van der Waals surface area contributed by atoms with Gasteiger partial charge in [-0.2, -0.15) is 0 Å². The van der Waals surface area contributed by atoms with Crippen LogP contribution in [0.3, 0.4) is 0 Å². The fraction of sp³-hybridized carbons (Fsp3) is 1.00. The molecule has 0 radical (unpaired) electrons. The quantitative estimate of drug-likeness (QED) is 0.849. The van der Waals surface area contributed by atoms with Crippen molar-refractivity contribution in [2.45, 2.75) is 76.0 Å². The molecule has 0 aromatic carbocycles. The smallest absolute Gasteiger partial charge is 0.0827 e. The zero-order chi connectivity index (χ0) is 12.9. The van der Waals surface area contributed by atoms with Crippen LogP contribution in [0.25, 0.3) is 0 Å². The highest BCUT2D eigenvalue weighted by Crippen LogP contribution is 2.23. The molecule has 0 bridgehead atoms. The van der Waals surface area contributed by atoms with E-state index in [-0.39, 0.29) is 0 Å². The average molecular weight is 266 g/mol. The van der Waals surface area contributed by atoms with Crippen LogP contribution in [0.1, 0.15) is 57.8 Å². The maximum atomic E-state index is 6.03. The molecule has 3 nitrogen and oxygen atoms in total. The van der Waals surface area contributed by atoms with Gasteiger partial charge in [0.1, 0.15) is 0 Å². The molecule has 19 heavy (non-hydrogen) atoms. The summed E-state index contributed by atoms with van der Waals surface area (Å²) >= 11 is 0. The van der Waals surface area contributed by atoms with E-state index in [9.17, 15) is 0 Å². The molecule has 2 aliphatic heterocycles. The van der Waals surface area contributed by atoms with E-state index < -0.39 is 0 Å². The molecule has 3 heteroatoms. The Labute approximate surface area is 118 Å². The second-order valence-electron chi connectivity index (χ2n) is 6.70. The number of nitrogens with zero attached hydrogens (tertiary/aromatic N) is 1. The fourth-order valence-electron chi connectivity index (χ4n) is 3.97. The Bertz CT molecular complexity index is 263. The Hall–Kier alpha value is -0.120. The number of hydrogen-bond donors (Lipinski definition) is 1.